The van der Waals surface area contributed by atoms with E-state index in [0.717, 1.165) is 64.2 Å². The standard InChI is InChI=1S/C45H85N2O6P/c1-6-8-10-12-14-16-18-20-22-23-24-25-26-28-30-32-34-36-38-44(48)43(42-53-54(50,51)52-41-40-47(3,4)5)46-45(49)39-37-35-33-31-29-27-21-19-17-15-13-11-9-7-2/h19,21,23-24,28,30,36,38,43-44,48H,6-18,20,22,25-27,29,31-35,37,39-42H2,1-5H3,(H-,46,49,50,51)/b21-19-,24-23+,30-28+,38-36+. The van der Waals surface area contributed by atoms with Gasteiger partial charge in [0.2, 0.25) is 5.91 Å². The summed E-state index contributed by atoms with van der Waals surface area (Å²) in [6, 6.07) is -0.912. The summed E-state index contributed by atoms with van der Waals surface area (Å²) in [4.78, 5) is 25.3. The Morgan fingerprint density at radius 3 is 1.50 bits per heavy atom. The Balaban J connectivity index is 4.54. The minimum Gasteiger partial charge on any atom is -0.756 e. The Morgan fingerprint density at radius 2 is 1.04 bits per heavy atom. The molecule has 9 heteroatoms. The summed E-state index contributed by atoms with van der Waals surface area (Å²) in [7, 11) is 1.22. The molecule has 0 aliphatic rings. The smallest absolute Gasteiger partial charge is 0.268 e. The van der Waals surface area contributed by atoms with Crippen LogP contribution in [-0.4, -0.2) is 68.5 Å². The monoisotopic (exact) mass is 781 g/mol. The lowest BCUT2D eigenvalue weighted by Gasteiger charge is -2.29. The number of carbonyl (C=O) groups excluding carboxylic acids is 1. The first-order valence-corrected chi connectivity index (χ1v) is 23.5. The minimum atomic E-state index is -4.60. The molecule has 316 valence electrons. The third-order valence-corrected chi connectivity index (χ3v) is 10.5. The Morgan fingerprint density at radius 1 is 0.630 bits per heavy atom. The zero-order valence-electron chi connectivity index (χ0n) is 35.7. The van der Waals surface area contributed by atoms with E-state index in [2.05, 4.69) is 55.6 Å². The fraction of sp³-hybridized carbons (Fsp3) is 0.800. The minimum absolute atomic E-state index is 0.0116. The van der Waals surface area contributed by atoms with Crippen LogP contribution in [0.1, 0.15) is 181 Å². The lowest BCUT2D eigenvalue weighted by Crippen LogP contribution is -2.45. The number of hydrogen-bond acceptors (Lipinski definition) is 6. The number of likely N-dealkylation sites (N-methyl/N-ethyl adjacent to an activating group) is 1. The summed E-state index contributed by atoms with van der Waals surface area (Å²) in [5, 5.41) is 13.7. The molecule has 1 amide bonds. The van der Waals surface area contributed by atoms with Crippen LogP contribution >= 0.6 is 7.82 Å². The van der Waals surface area contributed by atoms with Gasteiger partial charge in [-0.05, 0) is 70.6 Å². The number of nitrogens with zero attached hydrogens (tertiary/aromatic N) is 1. The zero-order chi connectivity index (χ0) is 40.0. The van der Waals surface area contributed by atoms with Gasteiger partial charge in [0, 0.05) is 6.42 Å². The van der Waals surface area contributed by atoms with Gasteiger partial charge in [-0.25, -0.2) is 0 Å². The molecule has 0 aromatic carbocycles. The molecule has 0 saturated carbocycles. The highest BCUT2D eigenvalue weighted by Crippen LogP contribution is 2.38. The number of hydrogen-bond donors (Lipinski definition) is 2. The summed E-state index contributed by atoms with van der Waals surface area (Å²) in [6.45, 7) is 4.58. The second-order valence-corrected chi connectivity index (χ2v) is 17.4. The van der Waals surface area contributed by atoms with Crippen LogP contribution < -0.4 is 10.2 Å². The van der Waals surface area contributed by atoms with E-state index in [-0.39, 0.29) is 12.5 Å². The fourth-order valence-corrected chi connectivity index (χ4v) is 6.66. The molecule has 0 rings (SSSR count). The number of allylic oxidation sites excluding steroid dienone is 7. The first kappa shape index (κ1) is 52.5. The van der Waals surface area contributed by atoms with E-state index in [1.54, 1.807) is 6.08 Å². The van der Waals surface area contributed by atoms with E-state index < -0.39 is 26.6 Å². The molecule has 0 aliphatic heterocycles. The van der Waals surface area contributed by atoms with Crippen LogP contribution in [0.3, 0.4) is 0 Å². The van der Waals surface area contributed by atoms with Crippen LogP contribution in [0.4, 0.5) is 0 Å². The SMILES string of the molecule is CCCCCCC/C=C\CCCCCCCC(=O)NC(COP(=O)([O-])OCC[N+](C)(C)C)C(O)/C=C/CC/C=C/CC/C=C/CCCCCCCCCC. The van der Waals surface area contributed by atoms with Crippen molar-refractivity contribution in [1.29, 1.82) is 0 Å². The van der Waals surface area contributed by atoms with Gasteiger partial charge in [-0.3, -0.25) is 9.36 Å². The van der Waals surface area contributed by atoms with Crippen molar-refractivity contribution < 1.29 is 32.9 Å². The molecule has 0 bridgehead atoms. The summed E-state index contributed by atoms with van der Waals surface area (Å²) in [6.07, 6.45) is 45.8. The maximum Gasteiger partial charge on any atom is 0.268 e. The highest BCUT2D eigenvalue weighted by atomic mass is 31.2. The largest absolute Gasteiger partial charge is 0.756 e. The van der Waals surface area contributed by atoms with Gasteiger partial charge in [-0.15, -0.1) is 0 Å². The van der Waals surface area contributed by atoms with E-state index in [9.17, 15) is 19.4 Å². The third kappa shape index (κ3) is 38.7. The van der Waals surface area contributed by atoms with Crippen molar-refractivity contribution >= 4 is 13.7 Å². The van der Waals surface area contributed by atoms with Crippen LogP contribution in [0.2, 0.25) is 0 Å². The van der Waals surface area contributed by atoms with Crippen LogP contribution in [0.15, 0.2) is 48.6 Å². The number of amides is 1. The van der Waals surface area contributed by atoms with E-state index in [1.807, 2.05) is 27.2 Å². The first-order chi connectivity index (χ1) is 26.0. The first-order valence-electron chi connectivity index (χ1n) is 22.0. The molecule has 0 aromatic rings. The molecule has 0 aromatic heterocycles. The molecule has 2 N–H and O–H groups in total. The Kier molecular flexibility index (Phi) is 36.0. The van der Waals surface area contributed by atoms with E-state index in [4.69, 9.17) is 9.05 Å². The highest BCUT2D eigenvalue weighted by molar-refractivity contribution is 7.45. The molecule has 0 radical (unpaired) electrons. The van der Waals surface area contributed by atoms with Gasteiger partial charge in [0.05, 0.1) is 39.9 Å². The number of phosphoric acid groups is 1. The molecular weight excluding hydrogens is 695 g/mol. The van der Waals surface area contributed by atoms with Crippen molar-refractivity contribution in [3.8, 4) is 0 Å². The fourth-order valence-electron chi connectivity index (χ4n) is 5.94. The van der Waals surface area contributed by atoms with E-state index in [0.29, 0.717) is 17.4 Å². The number of rotatable bonds is 39. The summed E-state index contributed by atoms with van der Waals surface area (Å²) >= 11 is 0. The Bertz CT molecular complexity index is 1020. The molecule has 0 saturated heterocycles. The predicted octanol–water partition coefficient (Wildman–Crippen LogP) is 11.4. The van der Waals surface area contributed by atoms with Crippen LogP contribution in [0.5, 0.6) is 0 Å². The number of aliphatic hydroxyl groups is 1. The number of phosphoric ester groups is 1. The zero-order valence-corrected chi connectivity index (χ0v) is 36.6. The van der Waals surface area contributed by atoms with Crippen molar-refractivity contribution in [1.82, 2.24) is 5.32 Å². The van der Waals surface area contributed by atoms with Gasteiger partial charge in [-0.1, -0.05) is 152 Å². The summed E-state index contributed by atoms with van der Waals surface area (Å²) in [5.74, 6) is -0.223. The molecule has 0 spiro atoms. The van der Waals surface area contributed by atoms with Crippen molar-refractivity contribution in [3.63, 3.8) is 0 Å². The molecular formula is C45H85N2O6P. The van der Waals surface area contributed by atoms with Gasteiger partial charge < -0.3 is 28.8 Å². The normalized spacial score (nSPS) is 14.9. The van der Waals surface area contributed by atoms with Gasteiger partial charge in [-0.2, -0.15) is 0 Å². The van der Waals surface area contributed by atoms with Gasteiger partial charge in [0.15, 0.2) is 0 Å². The molecule has 54 heavy (non-hydrogen) atoms. The maximum atomic E-state index is 12.8. The second-order valence-electron chi connectivity index (χ2n) is 16.0. The summed E-state index contributed by atoms with van der Waals surface area (Å²) in [5.41, 5.74) is 0. The number of quaternary nitrogens is 1. The van der Waals surface area contributed by atoms with Crippen molar-refractivity contribution in [2.24, 2.45) is 0 Å². The van der Waals surface area contributed by atoms with Crippen LogP contribution in [0.25, 0.3) is 0 Å². The highest BCUT2D eigenvalue weighted by Gasteiger charge is 2.23. The molecule has 0 aliphatic carbocycles. The van der Waals surface area contributed by atoms with Crippen LogP contribution in [0, 0.1) is 0 Å². The molecule has 3 atom stereocenters. The quantitative estimate of drug-likeness (QED) is 0.0278. The Labute approximate surface area is 333 Å². The van der Waals surface area contributed by atoms with E-state index in [1.165, 1.54) is 96.3 Å². The number of nitrogens with one attached hydrogen (secondary N) is 1. The maximum absolute atomic E-state index is 12.8. The van der Waals surface area contributed by atoms with Gasteiger partial charge in [0.25, 0.3) is 7.82 Å². The molecule has 3 unspecified atom stereocenters. The lowest BCUT2D eigenvalue weighted by molar-refractivity contribution is -0.870. The Hall–Kier alpha value is -1.54. The molecule has 8 nitrogen and oxygen atoms in total. The third-order valence-electron chi connectivity index (χ3n) is 9.49. The van der Waals surface area contributed by atoms with Gasteiger partial charge in [0.1, 0.15) is 13.2 Å². The summed E-state index contributed by atoms with van der Waals surface area (Å²) < 4.78 is 23.1. The van der Waals surface area contributed by atoms with Crippen molar-refractivity contribution in [2.75, 3.05) is 40.9 Å². The topological polar surface area (TPSA) is 108 Å². The average molecular weight is 781 g/mol. The lowest BCUT2D eigenvalue weighted by atomic mass is 10.1. The number of unbranched alkanes of at least 4 members (excludes halogenated alkanes) is 20. The number of carbonyl (C=O) groups is 1. The molecule has 0 heterocycles. The van der Waals surface area contributed by atoms with Gasteiger partial charge >= 0.3 is 0 Å². The second kappa shape index (κ2) is 37.1. The number of aliphatic hydroxyl groups excluding tert-OH is 1. The van der Waals surface area contributed by atoms with Crippen LogP contribution in [-0.2, 0) is 18.4 Å². The van der Waals surface area contributed by atoms with Crippen molar-refractivity contribution in [3.05, 3.63) is 48.6 Å². The average Bonchev–Trinajstić information content (AvgIpc) is 3.12. The van der Waals surface area contributed by atoms with Crippen molar-refractivity contribution in [2.45, 2.75) is 193 Å². The molecule has 0 fully saturated rings. The van der Waals surface area contributed by atoms with E-state index >= 15 is 0 Å². The predicted molar refractivity (Wildman–Crippen MR) is 228 cm³/mol.